The number of hydrogen-bond donors (Lipinski definition) is 1. The van der Waals surface area contributed by atoms with E-state index >= 15 is 0 Å². The molecule has 0 spiro atoms. The molecule has 0 fully saturated rings. The molecular formula is C24H30N4O3S. The Morgan fingerprint density at radius 3 is 2.75 bits per heavy atom. The average molecular weight is 455 g/mol. The van der Waals surface area contributed by atoms with Gasteiger partial charge in [0.15, 0.2) is 0 Å². The fourth-order valence-corrected chi connectivity index (χ4v) is 5.57. The number of ether oxygens (including phenoxy) is 1. The number of anilines is 1. The molecule has 1 aliphatic carbocycles. The molecule has 4 rings (SSSR count). The summed E-state index contributed by atoms with van der Waals surface area (Å²) in [5.74, 6) is 1.73. The third-order valence-corrected chi connectivity index (χ3v) is 6.85. The van der Waals surface area contributed by atoms with Crippen LogP contribution >= 0.6 is 11.3 Å². The lowest BCUT2D eigenvalue weighted by atomic mass is 9.89. The summed E-state index contributed by atoms with van der Waals surface area (Å²) in [4.78, 5) is 35.3. The minimum absolute atomic E-state index is 0.0703. The number of carbonyl (C=O) groups is 1. The van der Waals surface area contributed by atoms with Crippen molar-refractivity contribution >= 4 is 33.1 Å². The molecule has 1 amide bonds. The summed E-state index contributed by atoms with van der Waals surface area (Å²) in [6.45, 7) is 5.18. The number of nitrogens with one attached hydrogen (secondary N) is 1. The summed E-state index contributed by atoms with van der Waals surface area (Å²) < 4.78 is 6.98. The maximum atomic E-state index is 13.6. The first-order valence-corrected chi connectivity index (χ1v) is 11.9. The van der Waals surface area contributed by atoms with Gasteiger partial charge in [-0.15, -0.1) is 11.3 Å². The fraction of sp³-hybridized carbons (Fsp3) is 0.458. The van der Waals surface area contributed by atoms with Gasteiger partial charge in [-0.05, 0) is 76.0 Å². The quantitative estimate of drug-likeness (QED) is 0.589. The van der Waals surface area contributed by atoms with E-state index in [9.17, 15) is 9.59 Å². The van der Waals surface area contributed by atoms with E-state index in [1.165, 1.54) is 9.44 Å². The molecule has 1 aliphatic rings. The average Bonchev–Trinajstić information content (AvgIpc) is 3.09. The zero-order valence-corrected chi connectivity index (χ0v) is 19.9. The highest BCUT2D eigenvalue weighted by molar-refractivity contribution is 7.18. The molecule has 1 atom stereocenters. The van der Waals surface area contributed by atoms with Gasteiger partial charge in [0.2, 0.25) is 5.91 Å². The molecule has 2 heterocycles. The molecule has 0 bridgehead atoms. The maximum absolute atomic E-state index is 13.6. The highest BCUT2D eigenvalue weighted by atomic mass is 32.1. The Labute approximate surface area is 192 Å². The molecular weight excluding hydrogens is 424 g/mol. The lowest BCUT2D eigenvalue weighted by Gasteiger charge is -2.18. The van der Waals surface area contributed by atoms with E-state index < -0.39 is 0 Å². The Kier molecular flexibility index (Phi) is 6.62. The van der Waals surface area contributed by atoms with E-state index in [-0.39, 0.29) is 18.0 Å². The van der Waals surface area contributed by atoms with Crippen LogP contribution in [0.4, 0.5) is 5.69 Å². The summed E-state index contributed by atoms with van der Waals surface area (Å²) in [5.41, 5.74) is 1.69. The smallest absolute Gasteiger partial charge is 0.263 e. The predicted octanol–water partition coefficient (Wildman–Crippen LogP) is 3.68. The number of fused-ring (bicyclic) bond motifs is 3. The monoisotopic (exact) mass is 454 g/mol. The van der Waals surface area contributed by atoms with Crippen molar-refractivity contribution in [2.75, 3.05) is 26.0 Å². The molecule has 0 saturated heterocycles. The van der Waals surface area contributed by atoms with Crippen LogP contribution in [0.15, 0.2) is 29.1 Å². The maximum Gasteiger partial charge on any atom is 0.263 e. The molecule has 0 radical (unpaired) electrons. The number of nitrogens with zero attached hydrogens (tertiary/aromatic N) is 3. The second kappa shape index (κ2) is 9.42. The van der Waals surface area contributed by atoms with E-state index in [1.54, 1.807) is 23.5 Å². The Morgan fingerprint density at radius 1 is 1.31 bits per heavy atom. The van der Waals surface area contributed by atoms with Crippen molar-refractivity contribution < 1.29 is 9.53 Å². The summed E-state index contributed by atoms with van der Waals surface area (Å²) in [5, 5.41) is 3.59. The van der Waals surface area contributed by atoms with Gasteiger partial charge < -0.3 is 15.0 Å². The van der Waals surface area contributed by atoms with Crippen molar-refractivity contribution in [3.8, 4) is 5.75 Å². The van der Waals surface area contributed by atoms with Gasteiger partial charge in [-0.2, -0.15) is 0 Å². The molecule has 3 aromatic rings. The summed E-state index contributed by atoms with van der Waals surface area (Å²) >= 11 is 1.64. The van der Waals surface area contributed by atoms with Crippen LogP contribution in [0.5, 0.6) is 5.75 Å². The summed E-state index contributed by atoms with van der Waals surface area (Å²) in [6.07, 6.45) is 2.98. The molecule has 0 aliphatic heterocycles. The number of amides is 1. The van der Waals surface area contributed by atoms with E-state index in [4.69, 9.17) is 9.72 Å². The van der Waals surface area contributed by atoms with Crippen LogP contribution in [-0.2, 0) is 30.7 Å². The van der Waals surface area contributed by atoms with Gasteiger partial charge in [0.1, 0.15) is 22.9 Å². The second-order valence-corrected chi connectivity index (χ2v) is 9.78. The van der Waals surface area contributed by atoms with Gasteiger partial charge in [-0.1, -0.05) is 6.92 Å². The number of thiophene rings is 1. The van der Waals surface area contributed by atoms with Crippen LogP contribution in [-0.4, -0.2) is 41.1 Å². The molecule has 2 aromatic heterocycles. The van der Waals surface area contributed by atoms with Crippen LogP contribution in [0.2, 0.25) is 0 Å². The zero-order valence-electron chi connectivity index (χ0n) is 19.1. The Hall–Kier alpha value is -2.71. The van der Waals surface area contributed by atoms with Crippen molar-refractivity contribution in [1.29, 1.82) is 0 Å². The lowest BCUT2D eigenvalue weighted by molar-refractivity contribution is -0.116. The standard InChI is InChI=1S/C24H30N4O3S/c1-5-31-17-9-7-16(8-10-17)25-21(29)14-28-20(13-27(3)4)26-23-22(24(28)30)18-11-6-15(2)12-19(18)32-23/h7-10,15H,5-6,11-14H2,1-4H3,(H,25,29). The minimum atomic E-state index is -0.255. The Bertz CT molecular complexity index is 1180. The lowest BCUT2D eigenvalue weighted by Crippen LogP contribution is -2.33. The first kappa shape index (κ1) is 22.5. The molecule has 1 unspecified atom stereocenters. The van der Waals surface area contributed by atoms with Crippen molar-refractivity contribution in [2.45, 2.75) is 46.2 Å². The number of aromatic nitrogens is 2. The van der Waals surface area contributed by atoms with E-state index in [1.807, 2.05) is 38.1 Å². The highest BCUT2D eigenvalue weighted by Gasteiger charge is 2.25. The predicted molar refractivity (Wildman–Crippen MR) is 129 cm³/mol. The van der Waals surface area contributed by atoms with Gasteiger partial charge in [0, 0.05) is 10.6 Å². The number of rotatable bonds is 7. The molecule has 1 aromatic carbocycles. The summed E-state index contributed by atoms with van der Waals surface area (Å²) in [6, 6.07) is 7.22. The van der Waals surface area contributed by atoms with Crippen LogP contribution in [0, 0.1) is 5.92 Å². The highest BCUT2D eigenvalue weighted by Crippen LogP contribution is 2.35. The van der Waals surface area contributed by atoms with E-state index in [0.717, 1.165) is 35.4 Å². The summed E-state index contributed by atoms with van der Waals surface area (Å²) in [7, 11) is 3.86. The Morgan fingerprint density at radius 2 is 2.06 bits per heavy atom. The van der Waals surface area contributed by atoms with Crippen LogP contribution in [0.3, 0.4) is 0 Å². The zero-order chi connectivity index (χ0) is 22.8. The minimum Gasteiger partial charge on any atom is -0.494 e. The van der Waals surface area contributed by atoms with E-state index in [2.05, 4.69) is 12.2 Å². The second-order valence-electron chi connectivity index (χ2n) is 8.69. The number of benzene rings is 1. The molecule has 7 nitrogen and oxygen atoms in total. The van der Waals surface area contributed by atoms with Crippen molar-refractivity contribution in [3.63, 3.8) is 0 Å². The topological polar surface area (TPSA) is 76.5 Å². The number of hydrogen-bond acceptors (Lipinski definition) is 6. The normalized spacial score (nSPS) is 15.7. The SMILES string of the molecule is CCOc1ccc(NC(=O)Cn2c(CN(C)C)nc3sc4c(c3c2=O)CCC(C)C4)cc1. The van der Waals surface area contributed by atoms with Crippen LogP contribution in [0.25, 0.3) is 10.2 Å². The van der Waals surface area contributed by atoms with Gasteiger partial charge in [0.05, 0.1) is 18.5 Å². The van der Waals surface area contributed by atoms with E-state index in [0.29, 0.717) is 36.0 Å². The third kappa shape index (κ3) is 4.71. The van der Waals surface area contributed by atoms with Gasteiger partial charge in [-0.3, -0.25) is 14.2 Å². The largest absolute Gasteiger partial charge is 0.494 e. The van der Waals surface area contributed by atoms with Crippen molar-refractivity contribution in [3.05, 3.63) is 50.9 Å². The molecule has 1 N–H and O–H groups in total. The number of carbonyl (C=O) groups excluding carboxylic acids is 1. The molecule has 0 saturated carbocycles. The molecule has 170 valence electrons. The Balaban J connectivity index is 1.66. The van der Waals surface area contributed by atoms with Gasteiger partial charge in [0.25, 0.3) is 5.56 Å². The number of aryl methyl sites for hydroxylation is 1. The van der Waals surface area contributed by atoms with Crippen molar-refractivity contribution in [2.24, 2.45) is 5.92 Å². The van der Waals surface area contributed by atoms with Crippen molar-refractivity contribution in [1.82, 2.24) is 14.5 Å². The van der Waals surface area contributed by atoms with Crippen LogP contribution < -0.4 is 15.6 Å². The third-order valence-electron chi connectivity index (χ3n) is 5.70. The first-order chi connectivity index (χ1) is 15.4. The first-order valence-electron chi connectivity index (χ1n) is 11.1. The molecule has 8 heteroatoms. The van der Waals surface area contributed by atoms with Gasteiger partial charge >= 0.3 is 0 Å². The van der Waals surface area contributed by atoms with Gasteiger partial charge in [-0.25, -0.2) is 4.98 Å². The molecule has 32 heavy (non-hydrogen) atoms. The fourth-order valence-electron chi connectivity index (χ4n) is 4.18. The van der Waals surface area contributed by atoms with Crippen LogP contribution in [0.1, 0.15) is 36.5 Å².